The smallest absolute Gasteiger partial charge is 0.266 e. The number of phenolic OH excluding ortho intramolecular Hbond substituents is 2. The maximum absolute atomic E-state index is 12.3. The molecule has 0 spiro atoms. The van der Waals surface area contributed by atoms with Crippen molar-refractivity contribution in [3.63, 3.8) is 0 Å². The lowest BCUT2D eigenvalue weighted by Gasteiger charge is -2.10. The van der Waals surface area contributed by atoms with Gasteiger partial charge in [0.1, 0.15) is 11.6 Å². The Bertz CT molecular complexity index is 860. The van der Waals surface area contributed by atoms with E-state index in [1.807, 2.05) is 18.2 Å². The summed E-state index contributed by atoms with van der Waals surface area (Å²) in [6, 6.07) is 11.9. The summed E-state index contributed by atoms with van der Waals surface area (Å²) in [5, 5.41) is 30.9. The van der Waals surface area contributed by atoms with Crippen molar-refractivity contribution in [2.24, 2.45) is 0 Å². The molecule has 0 aliphatic heterocycles. The normalized spacial score (nSPS) is 12.3. The second-order valence-electron chi connectivity index (χ2n) is 5.93. The number of hydrogen-bond acceptors (Lipinski definition) is 4. The summed E-state index contributed by atoms with van der Waals surface area (Å²) >= 11 is 5.78. The number of benzene rings is 2. The van der Waals surface area contributed by atoms with Crippen LogP contribution in [-0.2, 0) is 4.79 Å². The molecule has 0 aliphatic carbocycles. The van der Waals surface area contributed by atoms with Gasteiger partial charge in [0.25, 0.3) is 5.91 Å². The fourth-order valence-corrected chi connectivity index (χ4v) is 2.56. The molecule has 0 aromatic heterocycles. The molecular weight excluding hydrogens is 352 g/mol. The van der Waals surface area contributed by atoms with Crippen molar-refractivity contribution in [1.82, 2.24) is 0 Å². The zero-order valence-electron chi connectivity index (χ0n) is 14.5. The Labute approximate surface area is 157 Å². The van der Waals surface area contributed by atoms with Crippen LogP contribution in [-0.4, -0.2) is 16.1 Å². The summed E-state index contributed by atoms with van der Waals surface area (Å²) in [5.41, 5.74) is 1.92. The molecule has 0 fully saturated rings. The van der Waals surface area contributed by atoms with Crippen molar-refractivity contribution < 1.29 is 15.0 Å². The van der Waals surface area contributed by atoms with E-state index in [1.54, 1.807) is 12.1 Å². The quantitative estimate of drug-likeness (QED) is 0.400. The fraction of sp³-hybridized carbons (Fsp3) is 0.200. The number of phenols is 2. The van der Waals surface area contributed by atoms with Gasteiger partial charge in [-0.15, -0.1) is 0 Å². The van der Waals surface area contributed by atoms with Gasteiger partial charge in [0.2, 0.25) is 0 Å². The maximum Gasteiger partial charge on any atom is 0.266 e. The van der Waals surface area contributed by atoms with E-state index in [0.29, 0.717) is 17.2 Å². The molecule has 2 rings (SSSR count). The molecule has 1 atom stereocenters. The van der Waals surface area contributed by atoms with E-state index in [1.165, 1.54) is 23.8 Å². The van der Waals surface area contributed by atoms with Crippen LogP contribution in [0.3, 0.4) is 0 Å². The van der Waals surface area contributed by atoms with Crippen LogP contribution in [0.2, 0.25) is 5.02 Å². The Balaban J connectivity index is 2.20. The van der Waals surface area contributed by atoms with Crippen molar-refractivity contribution in [3.05, 3.63) is 58.1 Å². The highest BCUT2D eigenvalue weighted by Gasteiger charge is 2.12. The van der Waals surface area contributed by atoms with Gasteiger partial charge in [-0.05, 0) is 53.8 Å². The maximum atomic E-state index is 12.3. The van der Waals surface area contributed by atoms with Gasteiger partial charge in [0.15, 0.2) is 11.5 Å². The third-order valence-corrected chi connectivity index (χ3v) is 4.38. The van der Waals surface area contributed by atoms with Gasteiger partial charge in [0, 0.05) is 5.69 Å². The first-order valence-corrected chi connectivity index (χ1v) is 8.48. The largest absolute Gasteiger partial charge is 0.504 e. The van der Waals surface area contributed by atoms with E-state index in [4.69, 9.17) is 11.6 Å². The number of nitrogens with zero attached hydrogens (tertiary/aromatic N) is 1. The van der Waals surface area contributed by atoms with Crippen LogP contribution in [0.1, 0.15) is 37.3 Å². The highest BCUT2D eigenvalue weighted by Crippen LogP contribution is 2.34. The van der Waals surface area contributed by atoms with E-state index in [9.17, 15) is 20.3 Å². The number of hydrogen-bond donors (Lipinski definition) is 3. The number of carbonyl (C=O) groups is 1. The van der Waals surface area contributed by atoms with Gasteiger partial charge in [-0.3, -0.25) is 4.79 Å². The molecule has 1 amide bonds. The van der Waals surface area contributed by atoms with Crippen LogP contribution in [0.15, 0.2) is 42.0 Å². The van der Waals surface area contributed by atoms with Gasteiger partial charge >= 0.3 is 0 Å². The van der Waals surface area contributed by atoms with Crippen molar-refractivity contribution in [2.45, 2.75) is 26.2 Å². The number of nitrogens with one attached hydrogen (secondary N) is 1. The van der Waals surface area contributed by atoms with Crippen molar-refractivity contribution in [1.29, 1.82) is 5.26 Å². The lowest BCUT2D eigenvalue weighted by atomic mass is 9.98. The SMILES string of the molecule is CC[C@H](C)c1ccc(NC(=O)/C(C#N)=C/c2cc(O)c(O)c(Cl)c2)cc1. The molecular formula is C20H19ClN2O3. The van der Waals surface area contributed by atoms with Crippen LogP contribution in [0.25, 0.3) is 6.08 Å². The van der Waals surface area contributed by atoms with Crippen molar-refractivity contribution >= 4 is 29.3 Å². The van der Waals surface area contributed by atoms with Crippen LogP contribution in [0.4, 0.5) is 5.69 Å². The Morgan fingerprint density at radius 1 is 1.31 bits per heavy atom. The van der Waals surface area contributed by atoms with Crippen LogP contribution in [0.5, 0.6) is 11.5 Å². The first-order chi connectivity index (χ1) is 12.3. The van der Waals surface area contributed by atoms with E-state index >= 15 is 0 Å². The molecule has 0 saturated heterocycles. The molecule has 134 valence electrons. The Hall–Kier alpha value is -2.97. The van der Waals surface area contributed by atoms with Gasteiger partial charge in [-0.1, -0.05) is 37.6 Å². The first kappa shape index (κ1) is 19.4. The molecule has 0 radical (unpaired) electrons. The lowest BCUT2D eigenvalue weighted by molar-refractivity contribution is -0.112. The highest BCUT2D eigenvalue weighted by atomic mass is 35.5. The van der Waals surface area contributed by atoms with Crippen LogP contribution < -0.4 is 5.32 Å². The van der Waals surface area contributed by atoms with Crippen LogP contribution >= 0.6 is 11.6 Å². The summed E-state index contributed by atoms with van der Waals surface area (Å²) in [6.45, 7) is 4.24. The monoisotopic (exact) mass is 370 g/mol. The predicted molar refractivity (Wildman–Crippen MR) is 102 cm³/mol. The first-order valence-electron chi connectivity index (χ1n) is 8.10. The summed E-state index contributed by atoms with van der Waals surface area (Å²) in [6.07, 6.45) is 2.31. The van der Waals surface area contributed by atoms with E-state index < -0.39 is 17.4 Å². The Morgan fingerprint density at radius 2 is 1.96 bits per heavy atom. The summed E-state index contributed by atoms with van der Waals surface area (Å²) < 4.78 is 0. The molecule has 0 heterocycles. The molecule has 2 aromatic carbocycles. The van der Waals surface area contributed by atoms with E-state index in [0.717, 1.165) is 6.42 Å². The second kappa shape index (κ2) is 8.41. The minimum Gasteiger partial charge on any atom is -0.504 e. The zero-order chi connectivity index (χ0) is 19.3. The van der Waals surface area contributed by atoms with Gasteiger partial charge in [-0.25, -0.2) is 0 Å². The minimum absolute atomic E-state index is 0.0745. The topological polar surface area (TPSA) is 93.4 Å². The van der Waals surface area contributed by atoms with Crippen molar-refractivity contribution in [3.8, 4) is 17.6 Å². The zero-order valence-corrected chi connectivity index (χ0v) is 15.2. The predicted octanol–water partition coefficient (Wildman–Crippen LogP) is 4.81. The number of halogens is 1. The minimum atomic E-state index is -0.576. The summed E-state index contributed by atoms with van der Waals surface area (Å²) in [7, 11) is 0. The number of carbonyl (C=O) groups excluding carboxylic acids is 1. The average molecular weight is 371 g/mol. The number of nitriles is 1. The number of rotatable bonds is 5. The number of aromatic hydroxyl groups is 2. The fourth-order valence-electron chi connectivity index (χ4n) is 2.33. The van der Waals surface area contributed by atoms with Gasteiger partial charge in [-0.2, -0.15) is 5.26 Å². The summed E-state index contributed by atoms with van der Waals surface area (Å²) in [4.78, 5) is 12.3. The van der Waals surface area contributed by atoms with Gasteiger partial charge < -0.3 is 15.5 Å². The summed E-state index contributed by atoms with van der Waals surface area (Å²) in [5.74, 6) is -1.02. The molecule has 0 saturated carbocycles. The van der Waals surface area contributed by atoms with Crippen LogP contribution in [0, 0.1) is 11.3 Å². The number of anilines is 1. The molecule has 5 nitrogen and oxygen atoms in total. The Kier molecular flexibility index (Phi) is 6.26. The molecule has 0 unspecified atom stereocenters. The lowest BCUT2D eigenvalue weighted by Crippen LogP contribution is -2.13. The Morgan fingerprint density at radius 3 is 2.50 bits per heavy atom. The number of amides is 1. The third kappa shape index (κ3) is 4.56. The second-order valence-corrected chi connectivity index (χ2v) is 6.33. The highest BCUT2D eigenvalue weighted by molar-refractivity contribution is 6.32. The standard InChI is InChI=1S/C20H19ClN2O3/c1-3-12(2)14-4-6-16(7-5-14)23-20(26)15(11-22)8-13-9-17(21)19(25)18(24)10-13/h4-10,12,24-25H,3H2,1-2H3,(H,23,26)/b15-8+/t12-/m0/s1. The van der Waals surface area contributed by atoms with Crippen molar-refractivity contribution in [2.75, 3.05) is 5.32 Å². The molecule has 26 heavy (non-hydrogen) atoms. The molecule has 3 N–H and O–H groups in total. The molecule has 0 aliphatic rings. The van der Waals surface area contributed by atoms with Gasteiger partial charge in [0.05, 0.1) is 5.02 Å². The molecule has 6 heteroatoms. The third-order valence-electron chi connectivity index (χ3n) is 4.09. The molecule has 2 aromatic rings. The van der Waals surface area contributed by atoms with E-state index in [2.05, 4.69) is 19.2 Å². The van der Waals surface area contributed by atoms with E-state index in [-0.39, 0.29) is 10.6 Å². The molecule has 0 bridgehead atoms. The average Bonchev–Trinajstić information content (AvgIpc) is 2.63.